The molecule has 98 valence electrons. The second-order valence-corrected chi connectivity index (χ2v) is 3.84. The maximum atomic E-state index is 9.49. The molecule has 1 aromatic carbocycles. The molecule has 0 bridgehead atoms. The molecule has 0 radical (unpaired) electrons. The maximum absolute atomic E-state index is 9.49. The van der Waals surface area contributed by atoms with Crippen LogP contribution in [0.3, 0.4) is 0 Å². The molecule has 1 rings (SSSR count). The van der Waals surface area contributed by atoms with Crippen LogP contribution < -0.4 is 10.1 Å². The highest BCUT2D eigenvalue weighted by Crippen LogP contribution is 2.17. The minimum absolute atomic E-state index is 0.253. The van der Waals surface area contributed by atoms with Crippen LogP contribution in [0.15, 0.2) is 24.3 Å². The van der Waals surface area contributed by atoms with E-state index in [1.54, 1.807) is 7.11 Å². The van der Waals surface area contributed by atoms with Crippen LogP contribution in [0, 0.1) is 12.3 Å². The van der Waals surface area contributed by atoms with E-state index in [0.717, 1.165) is 11.3 Å². The van der Waals surface area contributed by atoms with E-state index in [1.165, 1.54) is 0 Å². The molecule has 0 aromatic heterocycles. The SMILES string of the molecule is C#CCOc1ccccc1CNCC(O)COC. The molecule has 1 unspecified atom stereocenters. The molecule has 4 nitrogen and oxygen atoms in total. The lowest BCUT2D eigenvalue weighted by atomic mass is 10.2. The standard InChI is InChI=1S/C14H19NO3/c1-3-8-18-14-7-5-4-6-12(14)9-15-10-13(16)11-17-2/h1,4-7,13,15-16H,8-11H2,2H3. The van der Waals surface area contributed by atoms with E-state index in [2.05, 4.69) is 11.2 Å². The summed E-state index contributed by atoms with van der Waals surface area (Å²) in [5, 5.41) is 12.6. The predicted molar refractivity (Wildman–Crippen MR) is 70.4 cm³/mol. The maximum Gasteiger partial charge on any atom is 0.148 e. The van der Waals surface area contributed by atoms with Gasteiger partial charge in [0.15, 0.2) is 0 Å². The van der Waals surface area contributed by atoms with Crippen molar-refractivity contribution < 1.29 is 14.6 Å². The van der Waals surface area contributed by atoms with Gasteiger partial charge in [-0.15, -0.1) is 6.42 Å². The van der Waals surface area contributed by atoms with Crippen LogP contribution in [0.2, 0.25) is 0 Å². The van der Waals surface area contributed by atoms with Gasteiger partial charge in [0.2, 0.25) is 0 Å². The average molecular weight is 249 g/mol. The van der Waals surface area contributed by atoms with E-state index >= 15 is 0 Å². The Morgan fingerprint density at radius 3 is 2.94 bits per heavy atom. The van der Waals surface area contributed by atoms with Crippen LogP contribution in [-0.4, -0.2) is 38.1 Å². The molecule has 0 spiro atoms. The van der Waals surface area contributed by atoms with Gasteiger partial charge in [-0.2, -0.15) is 0 Å². The molecule has 2 N–H and O–H groups in total. The summed E-state index contributed by atoms with van der Waals surface area (Å²) in [5.74, 6) is 3.20. The van der Waals surface area contributed by atoms with Crippen molar-refractivity contribution in [1.29, 1.82) is 0 Å². The predicted octanol–water partition coefficient (Wildman–Crippen LogP) is 0.795. The van der Waals surface area contributed by atoms with E-state index in [9.17, 15) is 5.11 Å². The Kier molecular flexibility index (Phi) is 6.89. The third-order valence-electron chi connectivity index (χ3n) is 2.34. The lowest BCUT2D eigenvalue weighted by molar-refractivity contribution is 0.0644. The highest BCUT2D eigenvalue weighted by molar-refractivity contribution is 5.33. The van der Waals surface area contributed by atoms with Crippen LogP contribution in [0.5, 0.6) is 5.75 Å². The molecule has 0 aliphatic carbocycles. The van der Waals surface area contributed by atoms with Crippen molar-refractivity contribution >= 4 is 0 Å². The molecule has 1 atom stereocenters. The molecule has 18 heavy (non-hydrogen) atoms. The zero-order valence-electron chi connectivity index (χ0n) is 10.6. The Hall–Kier alpha value is -1.54. The molecule has 0 heterocycles. The summed E-state index contributed by atoms with van der Waals surface area (Å²) in [7, 11) is 1.56. The number of methoxy groups -OCH3 is 1. The van der Waals surface area contributed by atoms with E-state index in [4.69, 9.17) is 15.9 Å². The smallest absolute Gasteiger partial charge is 0.148 e. The second-order valence-electron chi connectivity index (χ2n) is 3.84. The number of terminal acetylenes is 1. The minimum Gasteiger partial charge on any atom is -0.481 e. The van der Waals surface area contributed by atoms with Crippen molar-refractivity contribution in [3.8, 4) is 18.1 Å². The van der Waals surface area contributed by atoms with Crippen LogP contribution in [0.4, 0.5) is 0 Å². The van der Waals surface area contributed by atoms with Crippen molar-refractivity contribution in [2.24, 2.45) is 0 Å². The molecular formula is C14H19NO3. The number of benzene rings is 1. The molecular weight excluding hydrogens is 230 g/mol. The van der Waals surface area contributed by atoms with Gasteiger partial charge >= 0.3 is 0 Å². The lowest BCUT2D eigenvalue weighted by Crippen LogP contribution is -2.29. The Bertz CT molecular complexity index is 387. The van der Waals surface area contributed by atoms with Crippen molar-refractivity contribution in [2.45, 2.75) is 12.6 Å². The molecule has 0 aliphatic heterocycles. The van der Waals surface area contributed by atoms with Crippen LogP contribution >= 0.6 is 0 Å². The number of hydrogen-bond acceptors (Lipinski definition) is 4. The summed E-state index contributed by atoms with van der Waals surface area (Å²) < 4.78 is 10.3. The number of rotatable bonds is 8. The first-order chi connectivity index (χ1) is 8.77. The fourth-order valence-electron chi connectivity index (χ4n) is 1.53. The largest absolute Gasteiger partial charge is 0.481 e. The van der Waals surface area contributed by atoms with Crippen molar-refractivity contribution in [3.05, 3.63) is 29.8 Å². The van der Waals surface area contributed by atoms with Crippen LogP contribution in [0.25, 0.3) is 0 Å². The first-order valence-electron chi connectivity index (χ1n) is 5.79. The van der Waals surface area contributed by atoms with Gasteiger partial charge in [0.1, 0.15) is 12.4 Å². The highest BCUT2D eigenvalue weighted by Gasteiger charge is 2.05. The number of nitrogens with one attached hydrogen (secondary N) is 1. The normalized spacial score (nSPS) is 11.8. The Labute approximate surface area is 108 Å². The van der Waals surface area contributed by atoms with E-state index < -0.39 is 6.10 Å². The average Bonchev–Trinajstić information content (AvgIpc) is 2.38. The van der Waals surface area contributed by atoms with Gasteiger partial charge in [0, 0.05) is 25.8 Å². The Morgan fingerprint density at radius 1 is 1.44 bits per heavy atom. The van der Waals surface area contributed by atoms with Gasteiger partial charge in [-0.05, 0) is 6.07 Å². The van der Waals surface area contributed by atoms with Crippen molar-refractivity contribution in [1.82, 2.24) is 5.32 Å². The number of para-hydroxylation sites is 1. The topological polar surface area (TPSA) is 50.7 Å². The number of aliphatic hydroxyl groups excluding tert-OH is 1. The third kappa shape index (κ3) is 5.19. The summed E-state index contributed by atoms with van der Waals surface area (Å²) in [6, 6.07) is 7.67. The first kappa shape index (κ1) is 14.5. The molecule has 0 fully saturated rings. The van der Waals surface area contributed by atoms with Crippen molar-refractivity contribution in [2.75, 3.05) is 26.9 Å². The number of hydrogen-bond donors (Lipinski definition) is 2. The van der Waals surface area contributed by atoms with Gasteiger partial charge in [0.05, 0.1) is 12.7 Å². The highest BCUT2D eigenvalue weighted by atomic mass is 16.5. The summed E-state index contributed by atoms with van der Waals surface area (Å²) in [6.45, 7) is 1.66. The fraction of sp³-hybridized carbons (Fsp3) is 0.429. The zero-order valence-corrected chi connectivity index (χ0v) is 10.6. The fourth-order valence-corrected chi connectivity index (χ4v) is 1.53. The summed E-state index contributed by atoms with van der Waals surface area (Å²) in [4.78, 5) is 0. The Balaban J connectivity index is 2.43. The number of aliphatic hydroxyl groups is 1. The van der Waals surface area contributed by atoms with E-state index in [0.29, 0.717) is 19.7 Å². The Morgan fingerprint density at radius 2 is 2.22 bits per heavy atom. The second kappa shape index (κ2) is 8.54. The summed E-state index contributed by atoms with van der Waals surface area (Å²) >= 11 is 0. The monoisotopic (exact) mass is 249 g/mol. The van der Waals surface area contributed by atoms with E-state index in [-0.39, 0.29) is 6.61 Å². The van der Waals surface area contributed by atoms with Crippen LogP contribution in [-0.2, 0) is 11.3 Å². The number of ether oxygens (including phenoxy) is 2. The molecule has 0 amide bonds. The molecule has 4 heteroatoms. The van der Waals surface area contributed by atoms with Crippen molar-refractivity contribution in [3.63, 3.8) is 0 Å². The van der Waals surface area contributed by atoms with Gasteiger partial charge in [0.25, 0.3) is 0 Å². The van der Waals surface area contributed by atoms with Gasteiger partial charge in [-0.25, -0.2) is 0 Å². The first-order valence-corrected chi connectivity index (χ1v) is 5.79. The molecule has 0 saturated heterocycles. The molecule has 0 saturated carbocycles. The quantitative estimate of drug-likeness (QED) is 0.669. The summed E-state index contributed by atoms with van der Waals surface area (Å²) in [5.41, 5.74) is 1.01. The zero-order chi connectivity index (χ0) is 13.2. The van der Waals surface area contributed by atoms with E-state index in [1.807, 2.05) is 24.3 Å². The molecule has 0 aliphatic rings. The van der Waals surface area contributed by atoms with Gasteiger partial charge in [-0.1, -0.05) is 24.1 Å². The third-order valence-corrected chi connectivity index (χ3v) is 2.34. The van der Waals surface area contributed by atoms with Gasteiger partial charge in [-0.3, -0.25) is 0 Å². The summed E-state index contributed by atoms with van der Waals surface area (Å²) in [6.07, 6.45) is 4.66. The minimum atomic E-state index is -0.506. The van der Waals surface area contributed by atoms with Gasteiger partial charge < -0.3 is 19.9 Å². The lowest BCUT2D eigenvalue weighted by Gasteiger charge is -2.13. The molecule has 1 aromatic rings. The van der Waals surface area contributed by atoms with Crippen LogP contribution in [0.1, 0.15) is 5.56 Å².